The zero-order valence-corrected chi connectivity index (χ0v) is 8.71. The fraction of sp³-hybridized carbons (Fsp3) is 0.667. The summed E-state index contributed by atoms with van der Waals surface area (Å²) in [6.45, 7) is 2.19. The molecule has 0 aromatic rings. The van der Waals surface area contributed by atoms with Crippen molar-refractivity contribution in [3.63, 3.8) is 0 Å². The molecule has 0 spiro atoms. The summed E-state index contributed by atoms with van der Waals surface area (Å²) in [7, 11) is 0. The van der Waals surface area contributed by atoms with Gasteiger partial charge in [-0.3, -0.25) is 0 Å². The number of unbranched alkanes of at least 4 members (excludes halogenated alkanes) is 5. The van der Waals surface area contributed by atoms with Crippen LogP contribution in [0.5, 0.6) is 0 Å². The van der Waals surface area contributed by atoms with Crippen LogP contribution in [-0.2, 0) is 0 Å². The van der Waals surface area contributed by atoms with Gasteiger partial charge in [0.2, 0.25) is 6.29 Å². The van der Waals surface area contributed by atoms with Crippen molar-refractivity contribution in [1.82, 2.24) is 0 Å². The van der Waals surface area contributed by atoms with Crippen molar-refractivity contribution in [1.29, 1.82) is 0 Å². The highest BCUT2D eigenvalue weighted by Crippen LogP contribution is 2.03. The second-order valence-electron chi connectivity index (χ2n) is 3.11. The highest BCUT2D eigenvalue weighted by atomic mass is 16.5. The molecule has 0 fully saturated rings. The molecular formula is C12H18O2. The molecule has 0 rings (SSSR count). The zero-order valence-electron chi connectivity index (χ0n) is 8.71. The maximum Gasteiger partial charge on any atom is 0.218 e. The van der Waals surface area contributed by atoms with Crippen LogP contribution >= 0.6 is 0 Å². The molecule has 0 aromatic heterocycles. The fourth-order valence-corrected chi connectivity index (χ4v) is 1.02. The molecule has 14 heavy (non-hydrogen) atoms. The van der Waals surface area contributed by atoms with E-state index in [4.69, 9.17) is 10.2 Å². The molecule has 0 aromatic carbocycles. The van der Waals surface area contributed by atoms with Gasteiger partial charge in [-0.2, -0.15) is 0 Å². The molecule has 2 heteroatoms. The van der Waals surface area contributed by atoms with Gasteiger partial charge in [0.25, 0.3) is 0 Å². The van der Waals surface area contributed by atoms with E-state index >= 15 is 0 Å². The number of rotatable bonds is 5. The highest BCUT2D eigenvalue weighted by molar-refractivity contribution is 5.26. The molecule has 0 aliphatic heterocycles. The van der Waals surface area contributed by atoms with Crippen molar-refractivity contribution in [2.24, 2.45) is 0 Å². The van der Waals surface area contributed by atoms with Crippen LogP contribution in [0.4, 0.5) is 0 Å². The van der Waals surface area contributed by atoms with Crippen molar-refractivity contribution < 1.29 is 10.2 Å². The highest BCUT2D eigenvalue weighted by Gasteiger charge is 1.85. The van der Waals surface area contributed by atoms with Gasteiger partial charge < -0.3 is 10.2 Å². The minimum absolute atomic E-state index is 0.847. The Morgan fingerprint density at radius 1 is 1.00 bits per heavy atom. The van der Waals surface area contributed by atoms with Crippen LogP contribution in [0.25, 0.3) is 0 Å². The van der Waals surface area contributed by atoms with Crippen LogP contribution in [0.3, 0.4) is 0 Å². The van der Waals surface area contributed by atoms with Gasteiger partial charge in [0.15, 0.2) is 0 Å². The van der Waals surface area contributed by atoms with E-state index in [1.165, 1.54) is 25.7 Å². The Bertz CT molecular complexity index is 235. The molecule has 0 atom stereocenters. The molecular weight excluding hydrogens is 176 g/mol. The van der Waals surface area contributed by atoms with E-state index < -0.39 is 6.29 Å². The smallest absolute Gasteiger partial charge is 0.218 e. The van der Waals surface area contributed by atoms with Gasteiger partial charge in [0.05, 0.1) is 0 Å². The first-order valence-electron chi connectivity index (χ1n) is 5.12. The van der Waals surface area contributed by atoms with Gasteiger partial charge >= 0.3 is 0 Å². The Kier molecular flexibility index (Phi) is 9.43. The van der Waals surface area contributed by atoms with Gasteiger partial charge in [-0.15, -0.1) is 0 Å². The lowest BCUT2D eigenvalue weighted by Gasteiger charge is -1.93. The molecule has 0 radical (unpaired) electrons. The lowest BCUT2D eigenvalue weighted by molar-refractivity contribution is 0.0108. The standard InChI is InChI=1S/C12H18O2/c1-2-3-4-5-6-7-8-9-10-11-12(13)14/h12-14H,2-7H2,1H3. The molecule has 2 nitrogen and oxygen atoms in total. The van der Waals surface area contributed by atoms with Gasteiger partial charge in [-0.1, -0.05) is 38.5 Å². The maximum absolute atomic E-state index is 8.37. The number of aliphatic hydroxyl groups is 2. The van der Waals surface area contributed by atoms with E-state index in [0.29, 0.717) is 0 Å². The first kappa shape index (κ1) is 13.0. The van der Waals surface area contributed by atoms with Crippen molar-refractivity contribution in [2.75, 3.05) is 0 Å². The minimum atomic E-state index is -1.56. The predicted octanol–water partition coefficient (Wildman–Crippen LogP) is 1.66. The Morgan fingerprint density at radius 3 is 2.36 bits per heavy atom. The Labute approximate surface area is 86.3 Å². The predicted molar refractivity (Wildman–Crippen MR) is 57.2 cm³/mol. The van der Waals surface area contributed by atoms with Crippen LogP contribution in [0, 0.1) is 23.7 Å². The summed E-state index contributed by atoms with van der Waals surface area (Å²) in [5.74, 6) is 9.97. The molecule has 2 N–H and O–H groups in total. The summed E-state index contributed by atoms with van der Waals surface area (Å²) in [6, 6.07) is 0. The van der Waals surface area contributed by atoms with E-state index in [1.54, 1.807) is 0 Å². The van der Waals surface area contributed by atoms with E-state index in [0.717, 1.165) is 12.8 Å². The SMILES string of the molecule is CCCCCCCC#CC#CC(O)O. The van der Waals surface area contributed by atoms with Crippen LogP contribution < -0.4 is 0 Å². The van der Waals surface area contributed by atoms with Crippen molar-refractivity contribution in [3.05, 3.63) is 0 Å². The van der Waals surface area contributed by atoms with E-state index in [-0.39, 0.29) is 0 Å². The van der Waals surface area contributed by atoms with Crippen LogP contribution in [0.2, 0.25) is 0 Å². The van der Waals surface area contributed by atoms with E-state index in [1.807, 2.05) is 0 Å². The largest absolute Gasteiger partial charge is 0.358 e. The van der Waals surface area contributed by atoms with Crippen LogP contribution in [0.1, 0.15) is 45.4 Å². The van der Waals surface area contributed by atoms with Crippen molar-refractivity contribution in [3.8, 4) is 23.7 Å². The van der Waals surface area contributed by atoms with Gasteiger partial charge in [0.1, 0.15) is 0 Å². The monoisotopic (exact) mass is 194 g/mol. The average molecular weight is 194 g/mol. The normalized spacial score (nSPS) is 8.86. The molecule has 0 heterocycles. The van der Waals surface area contributed by atoms with Gasteiger partial charge in [-0.25, -0.2) is 0 Å². The number of hydrogen-bond donors (Lipinski definition) is 2. The Morgan fingerprint density at radius 2 is 1.71 bits per heavy atom. The Hall–Kier alpha value is -0.960. The minimum Gasteiger partial charge on any atom is -0.358 e. The van der Waals surface area contributed by atoms with Crippen molar-refractivity contribution >= 4 is 0 Å². The lowest BCUT2D eigenvalue weighted by atomic mass is 10.1. The quantitative estimate of drug-likeness (QED) is 0.397. The zero-order chi connectivity index (χ0) is 10.6. The summed E-state index contributed by atoms with van der Waals surface area (Å²) in [5, 5.41) is 16.7. The summed E-state index contributed by atoms with van der Waals surface area (Å²) in [6.07, 6.45) is 5.44. The summed E-state index contributed by atoms with van der Waals surface area (Å²) >= 11 is 0. The van der Waals surface area contributed by atoms with Crippen LogP contribution in [-0.4, -0.2) is 16.5 Å². The van der Waals surface area contributed by atoms with Gasteiger partial charge in [0, 0.05) is 6.42 Å². The second-order valence-corrected chi connectivity index (χ2v) is 3.11. The molecule has 0 aliphatic carbocycles. The topological polar surface area (TPSA) is 40.5 Å². The fourth-order valence-electron chi connectivity index (χ4n) is 1.02. The third-order valence-electron chi connectivity index (χ3n) is 1.76. The van der Waals surface area contributed by atoms with Crippen LogP contribution in [0.15, 0.2) is 0 Å². The lowest BCUT2D eigenvalue weighted by Crippen LogP contribution is -1.97. The first-order chi connectivity index (χ1) is 6.77. The molecule has 78 valence electrons. The summed E-state index contributed by atoms with van der Waals surface area (Å²) < 4.78 is 0. The molecule has 0 saturated heterocycles. The molecule has 0 unspecified atom stereocenters. The van der Waals surface area contributed by atoms with E-state index in [2.05, 4.69) is 30.6 Å². The molecule has 0 amide bonds. The molecule has 0 bridgehead atoms. The molecule has 0 aliphatic rings. The first-order valence-corrected chi connectivity index (χ1v) is 5.12. The summed E-state index contributed by atoms with van der Waals surface area (Å²) in [4.78, 5) is 0. The number of hydrogen-bond acceptors (Lipinski definition) is 2. The Balaban J connectivity index is 3.32. The van der Waals surface area contributed by atoms with Gasteiger partial charge in [-0.05, 0) is 24.2 Å². The van der Waals surface area contributed by atoms with Crippen molar-refractivity contribution in [2.45, 2.75) is 51.7 Å². The second kappa shape index (κ2) is 10.1. The third-order valence-corrected chi connectivity index (χ3v) is 1.76. The van der Waals surface area contributed by atoms with E-state index in [9.17, 15) is 0 Å². The number of aliphatic hydroxyl groups excluding tert-OH is 1. The third kappa shape index (κ3) is 11.0. The maximum atomic E-state index is 8.37. The summed E-state index contributed by atoms with van der Waals surface area (Å²) in [5.41, 5.74) is 0. The molecule has 0 saturated carbocycles. The average Bonchev–Trinajstić information content (AvgIpc) is 2.15.